The monoisotopic (exact) mass is 342 g/mol. The number of hydrogen-bond acceptors (Lipinski definition) is 4. The fraction of sp³-hybridized carbons (Fsp3) is 0.167. The molecule has 0 fully saturated rings. The minimum atomic E-state index is -0.327. The number of pyridine rings is 1. The van der Waals surface area contributed by atoms with Gasteiger partial charge >= 0.3 is 0 Å². The highest BCUT2D eigenvalue weighted by atomic mass is 35.5. The van der Waals surface area contributed by atoms with E-state index in [0.29, 0.717) is 33.3 Å². The van der Waals surface area contributed by atoms with Gasteiger partial charge < -0.3 is 15.2 Å². The van der Waals surface area contributed by atoms with Crippen LogP contribution < -0.4 is 20.8 Å². The number of rotatable bonds is 2. The second kappa shape index (κ2) is 5.54. The summed E-state index contributed by atoms with van der Waals surface area (Å²) in [5.41, 5.74) is 7.28. The summed E-state index contributed by atoms with van der Waals surface area (Å²) in [4.78, 5) is 13.1. The lowest BCUT2D eigenvalue weighted by Gasteiger charge is -2.18. The molecule has 4 rings (SSSR count). The van der Waals surface area contributed by atoms with E-state index in [4.69, 9.17) is 26.8 Å². The van der Waals surface area contributed by atoms with Gasteiger partial charge in [-0.2, -0.15) is 0 Å². The summed E-state index contributed by atoms with van der Waals surface area (Å²) in [7, 11) is 0. The van der Waals surface area contributed by atoms with Crippen molar-refractivity contribution in [2.45, 2.75) is 13.0 Å². The molecule has 0 saturated carbocycles. The van der Waals surface area contributed by atoms with Crippen LogP contribution in [0.4, 0.5) is 0 Å². The maximum absolute atomic E-state index is 13.1. The topological polar surface area (TPSA) is 66.5 Å². The van der Waals surface area contributed by atoms with Crippen LogP contribution in [0.5, 0.6) is 11.5 Å². The molecule has 6 heteroatoms. The molecule has 1 atom stereocenters. The molecule has 24 heavy (non-hydrogen) atoms. The first-order chi connectivity index (χ1) is 11.6. The Labute approximate surface area is 143 Å². The van der Waals surface area contributed by atoms with Gasteiger partial charge in [0.05, 0.1) is 16.1 Å². The van der Waals surface area contributed by atoms with Gasteiger partial charge in [0.25, 0.3) is 5.56 Å². The molecule has 0 unspecified atom stereocenters. The molecule has 5 nitrogen and oxygen atoms in total. The van der Waals surface area contributed by atoms with E-state index in [1.165, 1.54) is 0 Å². The van der Waals surface area contributed by atoms with E-state index < -0.39 is 0 Å². The molecular formula is C18H15ClN2O3. The normalized spacial score (nSPS) is 14.1. The predicted molar refractivity (Wildman–Crippen MR) is 93.3 cm³/mol. The van der Waals surface area contributed by atoms with Crippen molar-refractivity contribution in [1.82, 2.24) is 4.57 Å². The Balaban J connectivity index is 2.06. The zero-order chi connectivity index (χ0) is 16.8. The van der Waals surface area contributed by atoms with E-state index in [2.05, 4.69) is 0 Å². The van der Waals surface area contributed by atoms with E-state index in [1.54, 1.807) is 22.8 Å². The highest BCUT2D eigenvalue weighted by Gasteiger charge is 2.19. The number of nitrogens with zero attached hydrogens (tertiary/aromatic N) is 1. The van der Waals surface area contributed by atoms with Gasteiger partial charge in [-0.3, -0.25) is 9.36 Å². The fourth-order valence-corrected chi connectivity index (χ4v) is 3.23. The third-order valence-electron chi connectivity index (χ3n) is 4.11. The van der Waals surface area contributed by atoms with Crippen LogP contribution in [-0.2, 0) is 0 Å². The molecule has 0 saturated heterocycles. The third-order valence-corrected chi connectivity index (χ3v) is 4.42. The maximum Gasteiger partial charge on any atom is 0.264 e. The van der Waals surface area contributed by atoms with Crippen LogP contribution in [0, 0.1) is 0 Å². The van der Waals surface area contributed by atoms with Crippen molar-refractivity contribution in [2.24, 2.45) is 5.73 Å². The minimum absolute atomic E-state index is 0.178. The molecule has 0 spiro atoms. The number of ether oxygens (including phenoxy) is 2. The minimum Gasteiger partial charge on any atom is -0.454 e. The molecule has 2 N–H and O–H groups in total. The number of fused-ring (bicyclic) bond motifs is 2. The van der Waals surface area contributed by atoms with Gasteiger partial charge in [0, 0.05) is 17.8 Å². The molecule has 1 aliphatic rings. The van der Waals surface area contributed by atoms with Gasteiger partial charge in [-0.25, -0.2) is 0 Å². The summed E-state index contributed by atoms with van der Waals surface area (Å²) in [6.07, 6.45) is 0. The lowest BCUT2D eigenvalue weighted by Crippen LogP contribution is -2.25. The van der Waals surface area contributed by atoms with Gasteiger partial charge in [-0.1, -0.05) is 23.7 Å². The SMILES string of the molecule is C[C@H](N)c1cc2cccc(Cl)c2c(=O)n1-c1ccc2c(c1)OCO2. The Morgan fingerprint density at radius 2 is 1.96 bits per heavy atom. The van der Waals surface area contributed by atoms with Crippen molar-refractivity contribution < 1.29 is 9.47 Å². The van der Waals surface area contributed by atoms with Crippen LogP contribution >= 0.6 is 11.6 Å². The highest BCUT2D eigenvalue weighted by molar-refractivity contribution is 6.35. The number of nitrogens with two attached hydrogens (primary N) is 1. The summed E-state index contributed by atoms with van der Waals surface area (Å²) in [6.45, 7) is 2.02. The van der Waals surface area contributed by atoms with E-state index in [9.17, 15) is 4.79 Å². The van der Waals surface area contributed by atoms with Gasteiger partial charge in [-0.15, -0.1) is 0 Å². The predicted octanol–water partition coefficient (Wildman–Crippen LogP) is 3.39. The summed E-state index contributed by atoms with van der Waals surface area (Å²) in [5, 5.41) is 1.67. The van der Waals surface area contributed by atoms with Crippen LogP contribution in [0.1, 0.15) is 18.7 Å². The average molecular weight is 343 g/mol. The van der Waals surface area contributed by atoms with Gasteiger partial charge in [-0.05, 0) is 36.6 Å². The molecule has 0 radical (unpaired) electrons. The molecule has 1 aliphatic heterocycles. The molecule has 122 valence electrons. The lowest BCUT2D eigenvalue weighted by atomic mass is 10.1. The van der Waals surface area contributed by atoms with Crippen LogP contribution in [0.3, 0.4) is 0 Å². The van der Waals surface area contributed by atoms with E-state index >= 15 is 0 Å². The molecule has 2 heterocycles. The maximum atomic E-state index is 13.1. The van der Waals surface area contributed by atoms with Crippen LogP contribution in [0.15, 0.2) is 47.3 Å². The van der Waals surface area contributed by atoms with Crippen LogP contribution in [0.25, 0.3) is 16.5 Å². The molecule has 0 aliphatic carbocycles. The number of hydrogen-bond donors (Lipinski definition) is 1. The number of halogens is 1. The zero-order valence-electron chi connectivity index (χ0n) is 13.0. The molecule has 3 aromatic rings. The molecule has 0 amide bonds. The summed E-state index contributed by atoms with van der Waals surface area (Å²) >= 11 is 6.26. The Morgan fingerprint density at radius 3 is 2.75 bits per heavy atom. The molecule has 2 aromatic carbocycles. The highest BCUT2D eigenvalue weighted by Crippen LogP contribution is 2.34. The first kappa shape index (κ1) is 15.1. The average Bonchev–Trinajstić information content (AvgIpc) is 3.02. The van der Waals surface area contributed by atoms with Crippen molar-refractivity contribution in [3.05, 3.63) is 63.5 Å². The van der Waals surface area contributed by atoms with Crippen molar-refractivity contribution in [3.63, 3.8) is 0 Å². The van der Waals surface area contributed by atoms with Crippen LogP contribution in [0.2, 0.25) is 5.02 Å². The first-order valence-electron chi connectivity index (χ1n) is 7.56. The smallest absolute Gasteiger partial charge is 0.264 e. The Hall–Kier alpha value is -2.50. The second-order valence-electron chi connectivity index (χ2n) is 5.74. The van der Waals surface area contributed by atoms with Gasteiger partial charge in [0.15, 0.2) is 11.5 Å². The standard InChI is InChI=1S/C18H15ClN2O3/c1-10(20)14-7-11-3-2-4-13(19)17(11)18(22)21(14)12-5-6-15-16(8-12)24-9-23-15/h2-8,10H,9,20H2,1H3/t10-/m0/s1. The molecule has 0 bridgehead atoms. The fourth-order valence-electron chi connectivity index (χ4n) is 2.97. The Bertz CT molecular complexity index is 1010. The summed E-state index contributed by atoms with van der Waals surface area (Å²) in [5.74, 6) is 1.27. The first-order valence-corrected chi connectivity index (χ1v) is 7.94. The molecule has 1 aromatic heterocycles. The van der Waals surface area contributed by atoms with Crippen LogP contribution in [-0.4, -0.2) is 11.4 Å². The van der Waals surface area contributed by atoms with Gasteiger partial charge in [0.2, 0.25) is 6.79 Å². The van der Waals surface area contributed by atoms with Crippen molar-refractivity contribution >= 4 is 22.4 Å². The second-order valence-corrected chi connectivity index (χ2v) is 6.15. The van der Waals surface area contributed by atoms with E-state index in [1.807, 2.05) is 31.2 Å². The van der Waals surface area contributed by atoms with Gasteiger partial charge in [0.1, 0.15) is 0 Å². The third kappa shape index (κ3) is 2.25. The lowest BCUT2D eigenvalue weighted by molar-refractivity contribution is 0.174. The Kier molecular flexibility index (Phi) is 3.48. The van der Waals surface area contributed by atoms with Crippen molar-refractivity contribution in [1.29, 1.82) is 0 Å². The van der Waals surface area contributed by atoms with E-state index in [-0.39, 0.29) is 18.4 Å². The van der Waals surface area contributed by atoms with Crippen molar-refractivity contribution in [3.8, 4) is 17.2 Å². The summed E-state index contributed by atoms with van der Waals surface area (Å²) in [6, 6.07) is 12.3. The quantitative estimate of drug-likeness (QED) is 0.775. The Morgan fingerprint density at radius 1 is 1.17 bits per heavy atom. The zero-order valence-corrected chi connectivity index (χ0v) is 13.7. The number of benzene rings is 2. The molecular weight excluding hydrogens is 328 g/mol. The van der Waals surface area contributed by atoms with Crippen molar-refractivity contribution in [2.75, 3.05) is 6.79 Å². The van der Waals surface area contributed by atoms with E-state index in [0.717, 1.165) is 5.39 Å². The largest absolute Gasteiger partial charge is 0.454 e. The summed E-state index contributed by atoms with van der Waals surface area (Å²) < 4.78 is 12.3. The number of aromatic nitrogens is 1.